The van der Waals surface area contributed by atoms with Crippen molar-refractivity contribution in [2.24, 2.45) is 5.73 Å². The first kappa shape index (κ1) is 47.8. The number of carbonyl (C=O) groups excluding carboxylic acids is 2. The van der Waals surface area contributed by atoms with E-state index >= 15 is 0 Å². The summed E-state index contributed by atoms with van der Waals surface area (Å²) < 4.78 is 35.8. The summed E-state index contributed by atoms with van der Waals surface area (Å²) in [7, 11) is -3.57. The Morgan fingerprint density at radius 3 is 1.71 bits per heavy atom. The lowest BCUT2D eigenvalue weighted by atomic mass is 9.96. The number of rotatable bonds is 14. The number of hydrogen-bond acceptors (Lipinski definition) is 20. The van der Waals surface area contributed by atoms with Crippen LogP contribution in [0.5, 0.6) is 0 Å². The molecule has 6 aromatic heterocycles. The Labute approximate surface area is 377 Å². The van der Waals surface area contributed by atoms with Crippen LogP contribution in [-0.4, -0.2) is 110 Å². The zero-order chi connectivity index (χ0) is 47.8. The van der Waals surface area contributed by atoms with Crippen molar-refractivity contribution in [1.29, 1.82) is 0 Å². The van der Waals surface area contributed by atoms with Crippen molar-refractivity contribution in [2.45, 2.75) is 63.3 Å². The number of carbonyl (C=O) groups is 2. The highest BCUT2D eigenvalue weighted by molar-refractivity contribution is 7.90. The quantitative estimate of drug-likeness (QED) is 0.0824. The van der Waals surface area contributed by atoms with Crippen LogP contribution in [0.25, 0.3) is 34.7 Å². The number of hydrogen-bond donors (Lipinski definition) is 7. The van der Waals surface area contributed by atoms with Gasteiger partial charge in [0.1, 0.15) is 11.2 Å². The van der Waals surface area contributed by atoms with Gasteiger partial charge in [0.2, 0.25) is 39.3 Å². The zero-order valence-electron chi connectivity index (χ0n) is 36.6. The molecule has 1 amide bonds. The molecule has 0 spiro atoms. The minimum Gasteiger partial charge on any atom is -0.461 e. The fraction of sp³-hybridized carbons (Fsp3) is 0.286. The highest BCUT2D eigenvalue weighted by atomic mass is 32.2. The second kappa shape index (κ2) is 20.0. The predicted molar refractivity (Wildman–Crippen MR) is 242 cm³/mol. The van der Waals surface area contributed by atoms with Crippen LogP contribution < -0.4 is 27.8 Å². The average Bonchev–Trinajstić information content (AvgIpc) is 4.09. The standard InChI is InChI=1S/C21H23N7O3.C12H18N2O2.C9H8N6O3S/c1-21(2,30)16(29)12-14-7-5-13(6-8-14)9-10-23-19-25-18(22)28-20(26-19)24-17(27-28)15-4-3-11-31-15;1-12(2,16)11(15)14-10-5-3-9(4-6-10)7-8-13;1-19(16,17)9-12-7(10)15-8(13-9)11-6(14-15)5-3-2-4-18-5/h3-8,11,30H,9-10,12H2,1-2H3,(H3,22,23,24,25,26,27);3-6,16H,7-8,13H2,1-2H3,(H,14,15);2-4H,1H3,(H2,10,11,12,13,14). The van der Waals surface area contributed by atoms with E-state index in [4.69, 9.17) is 26.0 Å². The summed E-state index contributed by atoms with van der Waals surface area (Å²) in [6, 6.07) is 22.0. The first-order valence-electron chi connectivity index (χ1n) is 20.2. The maximum atomic E-state index is 11.9. The van der Waals surface area contributed by atoms with Gasteiger partial charge < -0.3 is 46.9 Å². The third-order valence-electron chi connectivity index (χ3n) is 9.23. The number of furan rings is 2. The number of nitrogens with one attached hydrogen (secondary N) is 2. The second-order valence-corrected chi connectivity index (χ2v) is 17.6. The molecule has 24 heteroatoms. The molecular weight excluding hydrogens is 875 g/mol. The van der Waals surface area contributed by atoms with E-state index in [1.165, 1.54) is 38.5 Å². The molecule has 0 saturated heterocycles. The second-order valence-electron chi connectivity index (χ2n) is 15.7. The van der Waals surface area contributed by atoms with Crippen LogP contribution in [0.15, 0.2) is 99.3 Å². The van der Waals surface area contributed by atoms with Gasteiger partial charge in [-0.05, 0) is 100 Å². The summed E-state index contributed by atoms with van der Waals surface area (Å²) in [6.07, 6.45) is 5.74. The van der Waals surface area contributed by atoms with Crippen molar-refractivity contribution in [3.8, 4) is 23.2 Å². The normalized spacial score (nSPS) is 11.7. The molecule has 0 unspecified atom stereocenters. The van der Waals surface area contributed by atoms with Crippen LogP contribution in [0.1, 0.15) is 44.4 Å². The lowest BCUT2D eigenvalue weighted by Crippen LogP contribution is -2.36. The number of ketones is 1. The third-order valence-corrected chi connectivity index (χ3v) is 10.1. The molecule has 0 bridgehead atoms. The number of benzene rings is 2. The molecule has 6 heterocycles. The van der Waals surface area contributed by atoms with E-state index in [0.717, 1.165) is 40.3 Å². The van der Waals surface area contributed by atoms with E-state index in [0.29, 0.717) is 47.8 Å². The maximum absolute atomic E-state index is 11.9. The number of nitrogens with zero attached hydrogens (tertiary/aromatic N) is 10. The van der Waals surface area contributed by atoms with Gasteiger partial charge in [-0.1, -0.05) is 36.4 Å². The van der Waals surface area contributed by atoms with Gasteiger partial charge in [0.15, 0.2) is 17.3 Å². The average molecular weight is 924 g/mol. The van der Waals surface area contributed by atoms with E-state index in [1.807, 2.05) is 36.4 Å². The fourth-order valence-corrected chi connectivity index (χ4v) is 6.11. The summed E-state index contributed by atoms with van der Waals surface area (Å²) >= 11 is 0. The summed E-state index contributed by atoms with van der Waals surface area (Å²) in [5, 5.41) is 32.9. The van der Waals surface area contributed by atoms with E-state index in [9.17, 15) is 28.2 Å². The number of nitrogen functional groups attached to an aromatic ring is 2. The van der Waals surface area contributed by atoms with Crippen LogP contribution in [0.3, 0.4) is 0 Å². The molecule has 23 nitrogen and oxygen atoms in total. The Kier molecular flexibility index (Phi) is 14.5. The van der Waals surface area contributed by atoms with Crippen molar-refractivity contribution >= 4 is 56.6 Å². The Hall–Kier alpha value is -7.67. The van der Waals surface area contributed by atoms with Gasteiger partial charge in [-0.25, -0.2) is 8.42 Å². The van der Waals surface area contributed by atoms with Crippen molar-refractivity contribution in [3.05, 3.63) is 102 Å². The molecule has 346 valence electrons. The summed E-state index contributed by atoms with van der Waals surface area (Å²) in [5.74, 6) is 1.71. The minimum absolute atomic E-state index is 0.0410. The van der Waals surface area contributed by atoms with E-state index in [2.05, 4.69) is 50.7 Å². The topological polar surface area (TPSA) is 349 Å². The zero-order valence-corrected chi connectivity index (χ0v) is 37.4. The Balaban J connectivity index is 0.000000176. The molecule has 8 aromatic rings. The van der Waals surface area contributed by atoms with Crippen molar-refractivity contribution < 1.29 is 37.1 Å². The van der Waals surface area contributed by atoms with Gasteiger partial charge in [-0.2, -0.15) is 38.9 Å². The summed E-state index contributed by atoms with van der Waals surface area (Å²) in [4.78, 5) is 47.8. The molecule has 2 aromatic carbocycles. The number of nitrogens with two attached hydrogens (primary N) is 3. The first-order valence-corrected chi connectivity index (χ1v) is 22.1. The summed E-state index contributed by atoms with van der Waals surface area (Å²) in [5.41, 5.74) is 18.1. The molecular formula is C42H49N15O8S. The summed E-state index contributed by atoms with van der Waals surface area (Å²) in [6.45, 7) is 7.08. The molecule has 0 aliphatic carbocycles. The smallest absolute Gasteiger partial charge is 0.259 e. The van der Waals surface area contributed by atoms with Crippen LogP contribution >= 0.6 is 0 Å². The highest BCUT2D eigenvalue weighted by Crippen LogP contribution is 2.20. The number of aliphatic hydroxyl groups is 2. The molecule has 66 heavy (non-hydrogen) atoms. The van der Waals surface area contributed by atoms with Crippen LogP contribution in [0.2, 0.25) is 0 Å². The monoisotopic (exact) mass is 923 g/mol. The van der Waals surface area contributed by atoms with Gasteiger partial charge in [0, 0.05) is 24.9 Å². The molecule has 0 atom stereocenters. The van der Waals surface area contributed by atoms with Crippen LogP contribution in [0.4, 0.5) is 23.5 Å². The third kappa shape index (κ3) is 12.5. The van der Waals surface area contributed by atoms with Gasteiger partial charge in [0.25, 0.3) is 22.6 Å². The van der Waals surface area contributed by atoms with Gasteiger partial charge >= 0.3 is 0 Å². The highest BCUT2D eigenvalue weighted by Gasteiger charge is 2.25. The lowest BCUT2D eigenvalue weighted by Gasteiger charge is -2.16. The van der Waals surface area contributed by atoms with Crippen molar-refractivity contribution in [1.82, 2.24) is 49.1 Å². The molecule has 0 radical (unpaired) electrons. The Morgan fingerprint density at radius 1 is 0.697 bits per heavy atom. The van der Waals surface area contributed by atoms with Crippen molar-refractivity contribution in [3.63, 3.8) is 0 Å². The number of sulfone groups is 1. The molecule has 0 aliphatic heterocycles. The van der Waals surface area contributed by atoms with E-state index in [1.54, 1.807) is 42.7 Å². The van der Waals surface area contributed by atoms with Crippen LogP contribution in [-0.2, 0) is 38.7 Å². The molecule has 0 saturated carbocycles. The van der Waals surface area contributed by atoms with E-state index in [-0.39, 0.29) is 35.7 Å². The number of Topliss-reactive ketones (excluding diaryl/α,β-unsaturated/α-hetero) is 1. The van der Waals surface area contributed by atoms with Crippen LogP contribution in [0, 0.1) is 0 Å². The van der Waals surface area contributed by atoms with E-state index < -0.39 is 32.1 Å². The maximum Gasteiger partial charge on any atom is 0.259 e. The largest absolute Gasteiger partial charge is 0.461 e. The predicted octanol–water partition coefficient (Wildman–Crippen LogP) is 2.56. The van der Waals surface area contributed by atoms with Gasteiger partial charge in [-0.3, -0.25) is 9.59 Å². The minimum atomic E-state index is -3.57. The number of anilines is 4. The lowest BCUT2D eigenvalue weighted by molar-refractivity contribution is -0.133. The molecule has 0 fully saturated rings. The van der Waals surface area contributed by atoms with Crippen molar-refractivity contribution in [2.75, 3.05) is 41.4 Å². The number of aromatic nitrogens is 10. The fourth-order valence-electron chi connectivity index (χ4n) is 5.61. The van der Waals surface area contributed by atoms with Gasteiger partial charge in [0.05, 0.1) is 12.5 Å². The Bertz CT molecular complexity index is 3010. The molecule has 0 aliphatic rings. The molecule has 10 N–H and O–H groups in total. The number of fused-ring (bicyclic) bond motifs is 2. The first-order chi connectivity index (χ1) is 31.2. The number of amides is 1. The van der Waals surface area contributed by atoms with Gasteiger partial charge in [-0.15, -0.1) is 10.2 Å². The Morgan fingerprint density at radius 2 is 1.21 bits per heavy atom. The molecule has 8 rings (SSSR count). The SMILES string of the molecule is CC(C)(O)C(=O)Cc1ccc(CCNc2nc(N)n3nc(-c4ccco4)nc3n2)cc1.CC(C)(O)C(=O)Nc1ccc(CCN)cc1.CS(=O)(=O)c1nc(N)n2nc(-c3ccco3)nc2n1.